The lowest BCUT2D eigenvalue weighted by Gasteiger charge is -2.38. The number of halogens is 1. The highest BCUT2D eigenvalue weighted by atomic mass is 19.1. The number of ether oxygens (including phenoxy) is 1. The number of nitrogens with one attached hydrogen (secondary N) is 1. The number of amides is 2. The van der Waals surface area contributed by atoms with Crippen LogP contribution >= 0.6 is 0 Å². The molecule has 0 unspecified atom stereocenters. The molecule has 0 radical (unpaired) electrons. The predicted octanol–water partition coefficient (Wildman–Crippen LogP) is 5.82. The highest BCUT2D eigenvalue weighted by molar-refractivity contribution is 5.81. The number of fused-ring (bicyclic) bond motifs is 1. The molecule has 4 rings (SSSR count). The van der Waals surface area contributed by atoms with Crippen LogP contribution in [0.5, 0.6) is 5.75 Å². The summed E-state index contributed by atoms with van der Waals surface area (Å²) in [6, 6.07) is 21.9. The SMILES string of the molecule is CC[C@H](Oc1ccc2c(c1)[C@@H](c1ccccc1)N(C(=O)CC(C)C)CC2)C(=O)NCc1ccc(F)cc1. The van der Waals surface area contributed by atoms with Crippen molar-refractivity contribution in [2.45, 2.75) is 58.7 Å². The molecule has 2 amide bonds. The van der Waals surface area contributed by atoms with E-state index in [-0.39, 0.29) is 29.6 Å². The third-order valence-electron chi connectivity index (χ3n) is 6.69. The molecule has 1 heterocycles. The zero-order valence-electron chi connectivity index (χ0n) is 21.7. The first-order chi connectivity index (χ1) is 17.9. The van der Waals surface area contributed by atoms with Crippen LogP contribution in [0.3, 0.4) is 0 Å². The van der Waals surface area contributed by atoms with Crippen LogP contribution in [0.2, 0.25) is 0 Å². The number of hydrogen-bond donors (Lipinski definition) is 1. The van der Waals surface area contributed by atoms with Gasteiger partial charge in [0.05, 0.1) is 6.04 Å². The lowest BCUT2D eigenvalue weighted by molar-refractivity contribution is -0.134. The molecule has 0 bridgehead atoms. The van der Waals surface area contributed by atoms with Gasteiger partial charge in [0.2, 0.25) is 5.91 Å². The molecule has 0 aliphatic carbocycles. The van der Waals surface area contributed by atoms with Crippen molar-refractivity contribution < 1.29 is 18.7 Å². The van der Waals surface area contributed by atoms with Crippen LogP contribution in [-0.4, -0.2) is 29.4 Å². The maximum absolute atomic E-state index is 13.2. The molecule has 1 aliphatic heterocycles. The Bertz CT molecular complexity index is 1210. The van der Waals surface area contributed by atoms with Crippen LogP contribution in [0.4, 0.5) is 4.39 Å². The number of carbonyl (C=O) groups is 2. The molecule has 0 spiro atoms. The fraction of sp³-hybridized carbons (Fsp3) is 0.355. The first kappa shape index (κ1) is 26.4. The summed E-state index contributed by atoms with van der Waals surface area (Å²) in [7, 11) is 0. The highest BCUT2D eigenvalue weighted by Gasteiger charge is 2.32. The van der Waals surface area contributed by atoms with Crippen molar-refractivity contribution in [1.82, 2.24) is 10.2 Å². The minimum atomic E-state index is -0.670. The third kappa shape index (κ3) is 6.56. The van der Waals surface area contributed by atoms with Crippen molar-refractivity contribution in [3.05, 3.63) is 101 Å². The molecule has 37 heavy (non-hydrogen) atoms. The van der Waals surface area contributed by atoms with Gasteiger partial charge in [0.25, 0.3) is 5.91 Å². The van der Waals surface area contributed by atoms with Crippen molar-refractivity contribution in [2.24, 2.45) is 5.92 Å². The van der Waals surface area contributed by atoms with Crippen LogP contribution in [0.1, 0.15) is 61.9 Å². The minimum absolute atomic E-state index is 0.146. The van der Waals surface area contributed by atoms with Crippen molar-refractivity contribution in [3.8, 4) is 5.75 Å². The van der Waals surface area contributed by atoms with E-state index in [9.17, 15) is 14.0 Å². The van der Waals surface area contributed by atoms with E-state index in [4.69, 9.17) is 4.74 Å². The molecule has 2 atom stereocenters. The highest BCUT2D eigenvalue weighted by Crippen LogP contribution is 2.38. The molecular weight excluding hydrogens is 467 g/mol. The van der Waals surface area contributed by atoms with Crippen molar-refractivity contribution in [3.63, 3.8) is 0 Å². The fourth-order valence-electron chi connectivity index (χ4n) is 4.79. The lowest BCUT2D eigenvalue weighted by Crippen LogP contribution is -2.41. The number of benzene rings is 3. The summed E-state index contributed by atoms with van der Waals surface area (Å²) in [4.78, 5) is 28.1. The van der Waals surface area contributed by atoms with E-state index in [0.717, 1.165) is 23.1 Å². The van der Waals surface area contributed by atoms with Crippen molar-refractivity contribution in [2.75, 3.05) is 6.54 Å². The van der Waals surface area contributed by atoms with E-state index in [0.29, 0.717) is 31.7 Å². The summed E-state index contributed by atoms with van der Waals surface area (Å²) in [6.45, 7) is 6.99. The number of carbonyl (C=O) groups excluding carboxylic acids is 2. The average molecular weight is 503 g/mol. The quantitative estimate of drug-likeness (QED) is 0.401. The molecule has 0 aromatic heterocycles. The molecule has 0 saturated carbocycles. The van der Waals surface area contributed by atoms with Gasteiger partial charge in [0, 0.05) is 19.5 Å². The molecule has 3 aromatic carbocycles. The maximum Gasteiger partial charge on any atom is 0.261 e. The monoisotopic (exact) mass is 502 g/mol. The Morgan fingerprint density at radius 3 is 2.46 bits per heavy atom. The second-order valence-corrected chi connectivity index (χ2v) is 9.97. The molecule has 0 saturated heterocycles. The largest absolute Gasteiger partial charge is 0.481 e. The Labute approximate surface area is 218 Å². The van der Waals surface area contributed by atoms with Crippen LogP contribution in [0, 0.1) is 11.7 Å². The first-order valence-corrected chi connectivity index (χ1v) is 13.0. The molecule has 1 N–H and O–H groups in total. The zero-order valence-corrected chi connectivity index (χ0v) is 21.7. The van der Waals surface area contributed by atoms with Gasteiger partial charge < -0.3 is 15.0 Å². The molecule has 194 valence electrons. The molecule has 1 aliphatic rings. The normalized spacial score (nSPS) is 15.7. The summed E-state index contributed by atoms with van der Waals surface area (Å²) < 4.78 is 19.3. The van der Waals surface area contributed by atoms with Crippen molar-refractivity contribution >= 4 is 11.8 Å². The van der Waals surface area contributed by atoms with E-state index in [1.165, 1.54) is 17.7 Å². The summed E-state index contributed by atoms with van der Waals surface area (Å²) in [5.74, 6) is 0.487. The third-order valence-corrected chi connectivity index (χ3v) is 6.69. The van der Waals surface area contributed by atoms with Crippen LogP contribution in [0.25, 0.3) is 0 Å². The zero-order chi connectivity index (χ0) is 26.4. The molecule has 3 aromatic rings. The summed E-state index contributed by atoms with van der Waals surface area (Å²) >= 11 is 0. The van der Waals surface area contributed by atoms with Crippen LogP contribution in [-0.2, 0) is 22.6 Å². The summed E-state index contributed by atoms with van der Waals surface area (Å²) in [5.41, 5.74) is 4.09. The number of hydrogen-bond acceptors (Lipinski definition) is 3. The van der Waals surface area contributed by atoms with Gasteiger partial charge in [0.15, 0.2) is 6.10 Å². The van der Waals surface area contributed by atoms with Gasteiger partial charge in [-0.15, -0.1) is 0 Å². The van der Waals surface area contributed by atoms with Gasteiger partial charge in [0.1, 0.15) is 11.6 Å². The van der Waals surface area contributed by atoms with E-state index in [2.05, 4.69) is 31.3 Å². The van der Waals surface area contributed by atoms with Crippen LogP contribution < -0.4 is 10.1 Å². The minimum Gasteiger partial charge on any atom is -0.481 e. The van der Waals surface area contributed by atoms with Gasteiger partial charge in [-0.3, -0.25) is 9.59 Å². The summed E-state index contributed by atoms with van der Waals surface area (Å²) in [6.07, 6.45) is 1.10. The standard InChI is InChI=1S/C31H35FN2O3/c1-4-28(31(36)33-20-22-10-13-25(32)14-11-22)37-26-15-12-23-16-17-34(29(35)18-21(2)3)30(27(23)19-26)24-8-6-5-7-9-24/h5-15,19,21,28,30H,4,16-18,20H2,1-3H3,(H,33,36)/t28-,30+/m0/s1. The van der Waals surface area contributed by atoms with E-state index < -0.39 is 6.10 Å². The lowest BCUT2D eigenvalue weighted by atomic mass is 9.87. The van der Waals surface area contributed by atoms with Crippen molar-refractivity contribution in [1.29, 1.82) is 0 Å². The second-order valence-electron chi connectivity index (χ2n) is 9.97. The maximum atomic E-state index is 13.2. The Morgan fingerprint density at radius 1 is 1.05 bits per heavy atom. The average Bonchev–Trinajstić information content (AvgIpc) is 2.90. The molecular formula is C31H35FN2O3. The second kappa shape index (κ2) is 12.0. The predicted molar refractivity (Wildman–Crippen MR) is 143 cm³/mol. The van der Waals surface area contributed by atoms with E-state index in [1.807, 2.05) is 48.2 Å². The number of nitrogens with zero attached hydrogens (tertiary/aromatic N) is 1. The topological polar surface area (TPSA) is 58.6 Å². The van der Waals surface area contributed by atoms with Gasteiger partial charge in [-0.2, -0.15) is 0 Å². The first-order valence-electron chi connectivity index (χ1n) is 13.0. The Balaban J connectivity index is 1.55. The fourth-order valence-corrected chi connectivity index (χ4v) is 4.79. The molecule has 0 fully saturated rings. The molecule has 5 nitrogen and oxygen atoms in total. The number of rotatable bonds is 9. The Morgan fingerprint density at radius 2 is 1.78 bits per heavy atom. The van der Waals surface area contributed by atoms with E-state index >= 15 is 0 Å². The molecule has 6 heteroatoms. The van der Waals surface area contributed by atoms with Gasteiger partial charge in [-0.1, -0.05) is 69.3 Å². The van der Waals surface area contributed by atoms with Gasteiger partial charge in [-0.25, -0.2) is 4.39 Å². The van der Waals surface area contributed by atoms with E-state index in [1.54, 1.807) is 12.1 Å². The Kier molecular flexibility index (Phi) is 8.59. The summed E-state index contributed by atoms with van der Waals surface area (Å²) in [5, 5.41) is 2.89. The Hall–Kier alpha value is -3.67. The van der Waals surface area contributed by atoms with Gasteiger partial charge >= 0.3 is 0 Å². The van der Waals surface area contributed by atoms with Gasteiger partial charge in [-0.05, 0) is 65.3 Å². The van der Waals surface area contributed by atoms with Crippen LogP contribution in [0.15, 0.2) is 72.8 Å². The smallest absolute Gasteiger partial charge is 0.261 e.